The third-order valence-electron chi connectivity index (χ3n) is 5.22. The molecule has 1 amide bonds. The van der Waals surface area contributed by atoms with E-state index in [9.17, 15) is 4.79 Å². The molecule has 1 atom stereocenters. The summed E-state index contributed by atoms with van der Waals surface area (Å²) in [6.45, 7) is 3.54. The summed E-state index contributed by atoms with van der Waals surface area (Å²) in [6.07, 6.45) is 4.20. The van der Waals surface area contributed by atoms with Gasteiger partial charge in [-0.1, -0.05) is 6.07 Å². The van der Waals surface area contributed by atoms with E-state index in [4.69, 9.17) is 0 Å². The Bertz CT molecular complexity index is 1300. The van der Waals surface area contributed by atoms with E-state index in [-0.39, 0.29) is 11.8 Å². The molecule has 4 N–H and O–H groups in total. The van der Waals surface area contributed by atoms with Crippen molar-refractivity contribution in [2.24, 2.45) is 5.92 Å². The van der Waals surface area contributed by atoms with Crippen molar-refractivity contribution in [2.75, 3.05) is 29.0 Å². The molecule has 0 aromatic carbocycles. The molecule has 0 radical (unpaired) electrons. The first-order valence-corrected chi connectivity index (χ1v) is 11.7. The minimum absolute atomic E-state index is 0.0219. The molecule has 4 aromatic rings. The van der Waals surface area contributed by atoms with Crippen LogP contribution in [0.5, 0.6) is 0 Å². The third kappa shape index (κ3) is 5.33. The summed E-state index contributed by atoms with van der Waals surface area (Å²) in [4.78, 5) is 34.5. The number of rotatable bonds is 7. The van der Waals surface area contributed by atoms with Crippen LogP contribution in [-0.2, 0) is 4.79 Å². The predicted molar refractivity (Wildman–Crippen MR) is 133 cm³/mol. The van der Waals surface area contributed by atoms with Crippen molar-refractivity contribution in [1.29, 1.82) is 0 Å². The minimum atomic E-state index is 0.0219. The molecule has 0 saturated carbocycles. The van der Waals surface area contributed by atoms with Crippen molar-refractivity contribution >= 4 is 45.5 Å². The van der Waals surface area contributed by atoms with Gasteiger partial charge in [0.25, 0.3) is 0 Å². The lowest BCUT2D eigenvalue weighted by molar-refractivity contribution is -0.119. The van der Waals surface area contributed by atoms with E-state index in [0.717, 1.165) is 35.9 Å². The van der Waals surface area contributed by atoms with Crippen LogP contribution in [0, 0.1) is 12.8 Å². The van der Waals surface area contributed by atoms with Crippen molar-refractivity contribution < 1.29 is 4.79 Å². The normalized spacial score (nSPS) is 15.1. The Balaban J connectivity index is 1.24. The highest BCUT2D eigenvalue weighted by Gasteiger charge is 2.22. The van der Waals surface area contributed by atoms with Crippen LogP contribution in [0.4, 0.5) is 28.3 Å². The third-order valence-corrected chi connectivity index (χ3v) is 6.06. The molecule has 10 nitrogen and oxygen atoms in total. The average Bonchev–Trinajstić information content (AvgIpc) is 3.52. The van der Waals surface area contributed by atoms with Crippen LogP contribution in [0.2, 0.25) is 0 Å². The summed E-state index contributed by atoms with van der Waals surface area (Å²) in [5, 5.41) is 15.3. The second-order valence-corrected chi connectivity index (χ2v) is 8.74. The lowest BCUT2D eigenvalue weighted by Gasteiger charge is -2.08. The number of nitrogens with zero attached hydrogens (tertiary/aromatic N) is 5. The van der Waals surface area contributed by atoms with Crippen LogP contribution in [0.15, 0.2) is 54.2 Å². The van der Waals surface area contributed by atoms with Crippen molar-refractivity contribution in [2.45, 2.75) is 13.3 Å². The Labute approximate surface area is 200 Å². The summed E-state index contributed by atoms with van der Waals surface area (Å²) < 4.78 is 0. The highest BCUT2D eigenvalue weighted by atomic mass is 32.1. The number of nitrogens with one attached hydrogen (secondary N) is 4. The Morgan fingerprint density at radius 3 is 2.74 bits per heavy atom. The largest absolute Gasteiger partial charge is 0.325 e. The fraction of sp³-hybridized carbons (Fsp3) is 0.217. The number of aromatic nitrogens is 5. The zero-order valence-electron chi connectivity index (χ0n) is 18.4. The summed E-state index contributed by atoms with van der Waals surface area (Å²) in [6, 6.07) is 11.1. The fourth-order valence-electron chi connectivity index (χ4n) is 3.54. The van der Waals surface area contributed by atoms with Crippen molar-refractivity contribution in [1.82, 2.24) is 30.2 Å². The number of thiophene rings is 1. The van der Waals surface area contributed by atoms with Gasteiger partial charge in [0.2, 0.25) is 11.9 Å². The molecule has 1 fully saturated rings. The molecule has 34 heavy (non-hydrogen) atoms. The van der Waals surface area contributed by atoms with Crippen LogP contribution < -0.4 is 21.3 Å². The maximum Gasteiger partial charge on any atom is 0.229 e. The highest BCUT2D eigenvalue weighted by molar-refractivity contribution is 7.14. The molecule has 1 aliphatic rings. The molecule has 1 saturated heterocycles. The van der Waals surface area contributed by atoms with Gasteiger partial charge < -0.3 is 21.3 Å². The molecule has 11 heteroatoms. The molecule has 1 unspecified atom stereocenters. The van der Waals surface area contributed by atoms with Gasteiger partial charge in [0.15, 0.2) is 5.82 Å². The van der Waals surface area contributed by atoms with Gasteiger partial charge in [0.1, 0.15) is 17.3 Å². The SMILES string of the molecule is Cc1cccc(-c2nccc(Nc3ccnc(Nc4csc(NC(=O)C5CCNC5)c4)n3)n2)n1. The number of carbonyl (C=O) groups excluding carboxylic acids is 1. The Kier molecular flexibility index (Phi) is 6.36. The van der Waals surface area contributed by atoms with Gasteiger partial charge >= 0.3 is 0 Å². The summed E-state index contributed by atoms with van der Waals surface area (Å²) in [5.41, 5.74) is 2.41. The summed E-state index contributed by atoms with van der Waals surface area (Å²) in [7, 11) is 0. The summed E-state index contributed by atoms with van der Waals surface area (Å²) in [5.74, 6) is 2.20. The number of hydrogen-bond acceptors (Lipinski definition) is 10. The molecule has 0 spiro atoms. The zero-order chi connectivity index (χ0) is 23.3. The lowest BCUT2D eigenvalue weighted by atomic mass is 10.1. The maximum absolute atomic E-state index is 12.3. The van der Waals surface area contributed by atoms with E-state index >= 15 is 0 Å². The number of carbonyl (C=O) groups is 1. The van der Waals surface area contributed by atoms with Gasteiger partial charge in [0.05, 0.1) is 16.6 Å². The van der Waals surface area contributed by atoms with Crippen LogP contribution in [0.25, 0.3) is 11.5 Å². The smallest absolute Gasteiger partial charge is 0.229 e. The van der Waals surface area contributed by atoms with Crippen LogP contribution >= 0.6 is 11.3 Å². The zero-order valence-corrected chi connectivity index (χ0v) is 19.3. The van der Waals surface area contributed by atoms with Crippen molar-refractivity contribution in [3.63, 3.8) is 0 Å². The number of pyridine rings is 1. The van der Waals surface area contributed by atoms with Gasteiger partial charge in [-0.2, -0.15) is 4.98 Å². The minimum Gasteiger partial charge on any atom is -0.325 e. The predicted octanol–water partition coefficient (Wildman–Crippen LogP) is 3.73. The number of amides is 1. The highest BCUT2D eigenvalue weighted by Crippen LogP contribution is 2.27. The van der Waals surface area contributed by atoms with Crippen molar-refractivity contribution in [3.05, 3.63) is 59.9 Å². The molecular formula is C23H23N9OS. The standard InChI is InChI=1S/C23H23N9OS/c1-14-3-2-4-17(27-14)21-25-9-6-18(30-21)29-19-7-10-26-23(31-19)28-16-11-20(34-13-16)32-22(33)15-5-8-24-12-15/h2-4,6-7,9-11,13,15,24H,5,8,12H2,1H3,(H,32,33)(H2,25,26,28,29,30,31). The Hall–Kier alpha value is -3.96. The van der Waals surface area contributed by atoms with Gasteiger partial charge in [0, 0.05) is 30.0 Å². The number of aryl methyl sites for hydroxylation is 1. The molecule has 0 bridgehead atoms. The van der Waals surface area contributed by atoms with E-state index in [1.807, 2.05) is 36.6 Å². The van der Waals surface area contributed by atoms with Crippen LogP contribution in [0.1, 0.15) is 12.1 Å². The first-order valence-electron chi connectivity index (χ1n) is 10.9. The second-order valence-electron chi connectivity index (χ2n) is 7.82. The fourth-order valence-corrected chi connectivity index (χ4v) is 4.27. The average molecular weight is 474 g/mol. The molecular weight excluding hydrogens is 450 g/mol. The topological polar surface area (TPSA) is 130 Å². The van der Waals surface area contributed by atoms with Gasteiger partial charge in [-0.25, -0.2) is 19.9 Å². The molecule has 5 rings (SSSR count). The van der Waals surface area contributed by atoms with Crippen molar-refractivity contribution in [3.8, 4) is 11.5 Å². The van der Waals surface area contributed by atoms with Gasteiger partial charge in [-0.15, -0.1) is 11.3 Å². The van der Waals surface area contributed by atoms with E-state index < -0.39 is 0 Å². The Morgan fingerprint density at radius 2 is 1.91 bits per heavy atom. The van der Waals surface area contributed by atoms with Gasteiger partial charge in [-0.05, 0) is 50.2 Å². The molecule has 172 valence electrons. The quantitative estimate of drug-likeness (QED) is 0.317. The number of anilines is 5. The molecule has 0 aliphatic carbocycles. The van der Waals surface area contributed by atoms with E-state index in [1.54, 1.807) is 24.5 Å². The van der Waals surface area contributed by atoms with E-state index in [1.165, 1.54) is 11.3 Å². The molecule has 1 aliphatic heterocycles. The number of hydrogen-bond donors (Lipinski definition) is 4. The maximum atomic E-state index is 12.3. The van der Waals surface area contributed by atoms with E-state index in [2.05, 4.69) is 46.2 Å². The first kappa shape index (κ1) is 21.9. The summed E-state index contributed by atoms with van der Waals surface area (Å²) >= 11 is 1.45. The Morgan fingerprint density at radius 1 is 1.06 bits per heavy atom. The van der Waals surface area contributed by atoms with Gasteiger partial charge in [-0.3, -0.25) is 4.79 Å². The second kappa shape index (κ2) is 9.89. The van der Waals surface area contributed by atoms with E-state index in [0.29, 0.717) is 29.1 Å². The monoisotopic (exact) mass is 473 g/mol. The van der Waals surface area contributed by atoms with Crippen LogP contribution in [0.3, 0.4) is 0 Å². The van der Waals surface area contributed by atoms with Crippen LogP contribution in [-0.4, -0.2) is 43.9 Å². The molecule has 4 aromatic heterocycles. The first-order chi connectivity index (χ1) is 16.6. The lowest BCUT2D eigenvalue weighted by Crippen LogP contribution is -2.24. The molecule has 5 heterocycles.